The molecule has 0 unspecified atom stereocenters. The van der Waals surface area contributed by atoms with Crippen molar-refractivity contribution in [2.24, 2.45) is 0 Å². The van der Waals surface area contributed by atoms with Gasteiger partial charge in [-0.05, 0) is 26.0 Å². The summed E-state index contributed by atoms with van der Waals surface area (Å²) in [6, 6.07) is 15.1. The molecule has 0 aliphatic carbocycles. The van der Waals surface area contributed by atoms with E-state index in [1.54, 1.807) is 41.3 Å². The van der Waals surface area contributed by atoms with Crippen LogP contribution in [0.4, 0.5) is 0 Å². The minimum atomic E-state index is -0.596. The van der Waals surface area contributed by atoms with Crippen LogP contribution in [0.1, 0.15) is 40.1 Å². The highest BCUT2D eigenvalue weighted by atomic mass is 16.5. The van der Waals surface area contributed by atoms with Gasteiger partial charge in [-0.15, -0.1) is 0 Å². The molecule has 1 aliphatic rings. The van der Waals surface area contributed by atoms with E-state index >= 15 is 0 Å². The van der Waals surface area contributed by atoms with Crippen molar-refractivity contribution >= 4 is 17.7 Å². The monoisotopic (exact) mass is 381 g/mol. The lowest BCUT2D eigenvalue weighted by Gasteiger charge is -2.35. The topological polar surface area (TPSA) is 72.9 Å². The maximum Gasteiger partial charge on any atom is 0.338 e. The number of esters is 1. The molecule has 1 fully saturated rings. The van der Waals surface area contributed by atoms with E-state index in [0.29, 0.717) is 29.8 Å². The first-order valence-corrected chi connectivity index (χ1v) is 9.24. The Bertz CT molecular complexity index is 837. The highest BCUT2D eigenvalue weighted by Crippen LogP contribution is 2.13. The van der Waals surface area contributed by atoms with E-state index < -0.39 is 5.97 Å². The van der Waals surface area contributed by atoms with Gasteiger partial charge in [0.1, 0.15) is 0 Å². The van der Waals surface area contributed by atoms with Crippen LogP contribution in [0, 0.1) is 0 Å². The van der Waals surface area contributed by atoms with Crippen molar-refractivity contribution in [1.29, 1.82) is 0 Å². The molecule has 2 atom stereocenters. The zero-order valence-corrected chi connectivity index (χ0v) is 16.0. The molecule has 1 saturated heterocycles. The number of ether oxygens (including phenoxy) is 2. The number of morpholine rings is 1. The van der Waals surface area contributed by atoms with Crippen LogP contribution in [-0.2, 0) is 14.3 Å². The van der Waals surface area contributed by atoms with Crippen molar-refractivity contribution in [3.05, 3.63) is 71.3 Å². The Morgan fingerprint density at radius 3 is 2.04 bits per heavy atom. The fraction of sp³-hybridized carbons (Fsp3) is 0.318. The summed E-state index contributed by atoms with van der Waals surface area (Å²) in [5.74, 6) is -0.959. The van der Waals surface area contributed by atoms with Crippen LogP contribution in [0.5, 0.6) is 0 Å². The molecule has 0 saturated carbocycles. The van der Waals surface area contributed by atoms with Gasteiger partial charge >= 0.3 is 5.97 Å². The fourth-order valence-corrected chi connectivity index (χ4v) is 3.20. The molecule has 146 valence electrons. The molecule has 1 heterocycles. The first-order valence-electron chi connectivity index (χ1n) is 9.24. The predicted molar refractivity (Wildman–Crippen MR) is 103 cm³/mol. The molecule has 2 aromatic rings. The van der Waals surface area contributed by atoms with E-state index in [1.807, 2.05) is 19.9 Å². The van der Waals surface area contributed by atoms with Crippen LogP contribution in [-0.4, -0.2) is 54.5 Å². The summed E-state index contributed by atoms with van der Waals surface area (Å²) in [5.41, 5.74) is 1.36. The van der Waals surface area contributed by atoms with Crippen LogP contribution in [0.2, 0.25) is 0 Å². The molecule has 0 aromatic heterocycles. The summed E-state index contributed by atoms with van der Waals surface area (Å²) >= 11 is 0. The van der Waals surface area contributed by atoms with E-state index in [2.05, 4.69) is 0 Å². The fourth-order valence-electron chi connectivity index (χ4n) is 3.20. The molecule has 0 radical (unpaired) electrons. The van der Waals surface area contributed by atoms with Crippen LogP contribution < -0.4 is 0 Å². The van der Waals surface area contributed by atoms with Crippen molar-refractivity contribution in [1.82, 2.24) is 4.90 Å². The summed E-state index contributed by atoms with van der Waals surface area (Å²) in [6.45, 7) is 4.46. The Kier molecular flexibility index (Phi) is 6.21. The molecule has 6 nitrogen and oxygen atoms in total. The third-order valence-electron chi connectivity index (χ3n) is 4.52. The highest BCUT2D eigenvalue weighted by Gasteiger charge is 2.26. The number of nitrogens with zero attached hydrogens (tertiary/aromatic N) is 1. The third kappa shape index (κ3) is 4.84. The van der Waals surface area contributed by atoms with Crippen molar-refractivity contribution < 1.29 is 23.9 Å². The lowest BCUT2D eigenvalue weighted by atomic mass is 10.0. The van der Waals surface area contributed by atoms with Gasteiger partial charge < -0.3 is 14.4 Å². The summed E-state index contributed by atoms with van der Waals surface area (Å²) in [4.78, 5) is 38.5. The van der Waals surface area contributed by atoms with E-state index in [1.165, 1.54) is 12.1 Å². The number of carbonyl (C=O) groups excluding carboxylic acids is 3. The second kappa shape index (κ2) is 8.80. The number of rotatable bonds is 5. The molecular formula is C22H23NO5. The molecule has 3 rings (SSSR count). The maximum absolute atomic E-state index is 12.4. The average Bonchev–Trinajstić information content (AvgIpc) is 2.71. The zero-order chi connectivity index (χ0) is 20.1. The quantitative estimate of drug-likeness (QED) is 0.588. The maximum atomic E-state index is 12.4. The minimum absolute atomic E-state index is 0.0434. The standard InChI is InChI=1S/C22H23NO5/c1-15-12-23(13-16(2)28-15)20(24)14-27-22(26)19-10-8-18(9-11-19)21(25)17-6-4-3-5-7-17/h3-11,15-16H,12-14H2,1-2H3/t15-,16-/m0/s1. The van der Waals surface area contributed by atoms with Gasteiger partial charge in [0.25, 0.3) is 5.91 Å². The number of carbonyl (C=O) groups is 3. The molecule has 1 amide bonds. The molecular weight excluding hydrogens is 358 g/mol. The van der Waals surface area contributed by atoms with Crippen molar-refractivity contribution in [3.63, 3.8) is 0 Å². The number of hydrogen-bond acceptors (Lipinski definition) is 5. The van der Waals surface area contributed by atoms with E-state index in [-0.39, 0.29) is 30.5 Å². The number of ketones is 1. The smallest absolute Gasteiger partial charge is 0.338 e. The van der Waals surface area contributed by atoms with Gasteiger partial charge in [0.2, 0.25) is 0 Å². The molecule has 0 bridgehead atoms. The van der Waals surface area contributed by atoms with Crippen LogP contribution in [0.15, 0.2) is 54.6 Å². The first-order chi connectivity index (χ1) is 13.4. The Balaban J connectivity index is 1.56. The Morgan fingerprint density at radius 1 is 0.893 bits per heavy atom. The predicted octanol–water partition coefficient (Wildman–Crippen LogP) is 2.71. The van der Waals surface area contributed by atoms with Crippen LogP contribution >= 0.6 is 0 Å². The molecule has 1 aliphatic heterocycles. The van der Waals surface area contributed by atoms with Gasteiger partial charge in [-0.25, -0.2) is 4.79 Å². The minimum Gasteiger partial charge on any atom is -0.452 e. The number of hydrogen-bond donors (Lipinski definition) is 0. The number of amides is 1. The van der Waals surface area contributed by atoms with Crippen molar-refractivity contribution in [2.75, 3.05) is 19.7 Å². The second-order valence-electron chi connectivity index (χ2n) is 6.90. The molecule has 2 aromatic carbocycles. The SMILES string of the molecule is C[C@H]1CN(C(=O)COC(=O)c2ccc(C(=O)c3ccccc3)cc2)C[C@H](C)O1. The van der Waals surface area contributed by atoms with E-state index in [9.17, 15) is 14.4 Å². The Labute approximate surface area is 164 Å². The Hall–Kier alpha value is -2.99. The van der Waals surface area contributed by atoms with Gasteiger partial charge in [-0.1, -0.05) is 42.5 Å². The third-order valence-corrected chi connectivity index (χ3v) is 4.52. The zero-order valence-electron chi connectivity index (χ0n) is 16.0. The van der Waals surface area contributed by atoms with Crippen LogP contribution in [0.3, 0.4) is 0 Å². The number of benzene rings is 2. The molecule has 0 N–H and O–H groups in total. The summed E-state index contributed by atoms with van der Waals surface area (Å²) < 4.78 is 10.7. The Morgan fingerprint density at radius 2 is 1.43 bits per heavy atom. The normalized spacial score (nSPS) is 19.1. The molecule has 0 spiro atoms. The summed E-state index contributed by atoms with van der Waals surface area (Å²) in [7, 11) is 0. The summed E-state index contributed by atoms with van der Waals surface area (Å²) in [5, 5.41) is 0. The van der Waals surface area contributed by atoms with Gasteiger partial charge in [0, 0.05) is 24.2 Å². The van der Waals surface area contributed by atoms with E-state index in [4.69, 9.17) is 9.47 Å². The van der Waals surface area contributed by atoms with E-state index in [0.717, 1.165) is 0 Å². The average molecular weight is 381 g/mol. The lowest BCUT2D eigenvalue weighted by molar-refractivity contribution is -0.146. The molecule has 6 heteroatoms. The lowest BCUT2D eigenvalue weighted by Crippen LogP contribution is -2.49. The highest BCUT2D eigenvalue weighted by molar-refractivity contribution is 6.09. The van der Waals surface area contributed by atoms with Crippen molar-refractivity contribution in [3.8, 4) is 0 Å². The van der Waals surface area contributed by atoms with Gasteiger partial charge in [-0.3, -0.25) is 9.59 Å². The van der Waals surface area contributed by atoms with Crippen molar-refractivity contribution in [2.45, 2.75) is 26.1 Å². The van der Waals surface area contributed by atoms with Gasteiger partial charge in [0.15, 0.2) is 12.4 Å². The van der Waals surface area contributed by atoms with Crippen LogP contribution in [0.25, 0.3) is 0 Å². The van der Waals surface area contributed by atoms with Gasteiger partial charge in [-0.2, -0.15) is 0 Å². The molecule has 28 heavy (non-hydrogen) atoms. The second-order valence-corrected chi connectivity index (χ2v) is 6.90. The van der Waals surface area contributed by atoms with Gasteiger partial charge in [0.05, 0.1) is 17.8 Å². The first kappa shape index (κ1) is 19.8. The largest absolute Gasteiger partial charge is 0.452 e. The summed E-state index contributed by atoms with van der Waals surface area (Å²) in [6.07, 6.45) is -0.0869.